The molecule has 1 aromatic rings. The summed E-state index contributed by atoms with van der Waals surface area (Å²) in [6.45, 7) is 4.26. The molecule has 0 aliphatic heterocycles. The first kappa shape index (κ1) is 13.8. The second-order valence-corrected chi connectivity index (χ2v) is 3.42. The van der Waals surface area contributed by atoms with Crippen LogP contribution in [0.25, 0.3) is 0 Å². The van der Waals surface area contributed by atoms with Gasteiger partial charge in [0.05, 0.1) is 0 Å². The van der Waals surface area contributed by atoms with Crippen molar-refractivity contribution in [3.63, 3.8) is 0 Å². The van der Waals surface area contributed by atoms with E-state index in [-0.39, 0.29) is 17.9 Å². The lowest BCUT2D eigenvalue weighted by molar-refractivity contribution is 0.731. The maximum absolute atomic E-state index is 6.05. The SMILES string of the molecule is C=CCNC(Cl)c1ccccc1Cl.Cl. The molecule has 0 heterocycles. The number of rotatable bonds is 4. The molecule has 1 unspecified atom stereocenters. The molecule has 4 heteroatoms. The van der Waals surface area contributed by atoms with E-state index in [4.69, 9.17) is 23.2 Å². The first-order valence-corrected chi connectivity index (χ1v) is 4.80. The summed E-state index contributed by atoms with van der Waals surface area (Å²) in [6, 6.07) is 7.51. The third kappa shape index (κ3) is 3.89. The molecule has 0 radical (unpaired) electrons. The van der Waals surface area contributed by atoms with Crippen molar-refractivity contribution in [2.24, 2.45) is 0 Å². The van der Waals surface area contributed by atoms with Crippen LogP contribution in [0.2, 0.25) is 5.02 Å². The zero-order chi connectivity index (χ0) is 9.68. The van der Waals surface area contributed by atoms with Crippen LogP contribution >= 0.6 is 35.6 Å². The molecule has 1 rings (SSSR count). The first-order chi connectivity index (χ1) is 6.25. The van der Waals surface area contributed by atoms with Crippen molar-refractivity contribution >= 4 is 35.6 Å². The lowest BCUT2D eigenvalue weighted by Gasteiger charge is -2.11. The third-order valence-electron chi connectivity index (χ3n) is 1.62. The zero-order valence-electron chi connectivity index (χ0n) is 7.54. The van der Waals surface area contributed by atoms with Crippen molar-refractivity contribution in [3.8, 4) is 0 Å². The van der Waals surface area contributed by atoms with Crippen LogP contribution in [0.4, 0.5) is 0 Å². The zero-order valence-corrected chi connectivity index (χ0v) is 9.87. The Labute approximate surface area is 101 Å². The molecule has 0 aliphatic carbocycles. The molecule has 1 atom stereocenters. The fourth-order valence-electron chi connectivity index (χ4n) is 0.977. The Balaban J connectivity index is 0.00000169. The summed E-state index contributed by atoms with van der Waals surface area (Å²) in [5.41, 5.74) is 0.638. The predicted molar refractivity (Wildman–Crippen MR) is 65.5 cm³/mol. The quantitative estimate of drug-likeness (QED) is 0.489. The van der Waals surface area contributed by atoms with E-state index in [0.29, 0.717) is 11.6 Å². The Morgan fingerprint density at radius 1 is 1.43 bits per heavy atom. The Kier molecular flexibility index (Phi) is 7.02. The maximum atomic E-state index is 6.05. The summed E-state index contributed by atoms with van der Waals surface area (Å²) in [7, 11) is 0. The van der Waals surface area contributed by atoms with Crippen LogP contribution in [-0.4, -0.2) is 6.54 Å². The minimum atomic E-state index is -0.258. The topological polar surface area (TPSA) is 12.0 Å². The molecule has 0 amide bonds. The lowest BCUT2D eigenvalue weighted by atomic mass is 10.2. The molecule has 1 aromatic carbocycles. The van der Waals surface area contributed by atoms with E-state index < -0.39 is 0 Å². The van der Waals surface area contributed by atoms with Gasteiger partial charge >= 0.3 is 0 Å². The van der Waals surface area contributed by atoms with Gasteiger partial charge in [-0.1, -0.05) is 35.9 Å². The van der Waals surface area contributed by atoms with E-state index in [1.54, 1.807) is 6.08 Å². The molecular formula is C10H12Cl3N. The van der Waals surface area contributed by atoms with Gasteiger partial charge in [-0.3, -0.25) is 5.32 Å². The summed E-state index contributed by atoms with van der Waals surface area (Å²) in [6.07, 6.45) is 1.76. The van der Waals surface area contributed by atoms with Crippen LogP contribution in [-0.2, 0) is 0 Å². The largest absolute Gasteiger partial charge is 0.294 e. The molecule has 0 bridgehead atoms. The third-order valence-corrected chi connectivity index (χ3v) is 2.35. The van der Waals surface area contributed by atoms with Gasteiger partial charge in [0.2, 0.25) is 0 Å². The van der Waals surface area contributed by atoms with Crippen molar-refractivity contribution in [3.05, 3.63) is 47.5 Å². The van der Waals surface area contributed by atoms with E-state index in [9.17, 15) is 0 Å². The summed E-state index contributed by atoms with van der Waals surface area (Å²) >= 11 is 12.0. The van der Waals surface area contributed by atoms with Gasteiger partial charge in [-0.15, -0.1) is 30.6 Å². The molecule has 0 fully saturated rings. The van der Waals surface area contributed by atoms with Crippen LogP contribution in [0.1, 0.15) is 11.1 Å². The Hall–Kier alpha value is -0.210. The lowest BCUT2D eigenvalue weighted by Crippen LogP contribution is -2.16. The number of nitrogens with one attached hydrogen (secondary N) is 1. The molecule has 1 nitrogen and oxygen atoms in total. The predicted octanol–water partition coefficient (Wildman–Crippen LogP) is 3.77. The van der Waals surface area contributed by atoms with Crippen LogP contribution in [0.5, 0.6) is 0 Å². The van der Waals surface area contributed by atoms with E-state index in [1.807, 2.05) is 24.3 Å². The Bertz CT molecular complexity index is 288. The smallest absolute Gasteiger partial charge is 0.110 e. The fraction of sp³-hybridized carbons (Fsp3) is 0.200. The van der Waals surface area contributed by atoms with Crippen LogP contribution < -0.4 is 5.32 Å². The first-order valence-electron chi connectivity index (χ1n) is 3.98. The summed E-state index contributed by atoms with van der Waals surface area (Å²) in [5, 5.41) is 3.73. The molecule has 0 saturated carbocycles. The van der Waals surface area contributed by atoms with Gasteiger partial charge in [0.15, 0.2) is 0 Å². The summed E-state index contributed by atoms with van der Waals surface area (Å²) in [5.74, 6) is 0. The van der Waals surface area contributed by atoms with Crippen molar-refractivity contribution < 1.29 is 0 Å². The van der Waals surface area contributed by atoms with E-state index in [0.717, 1.165) is 5.56 Å². The molecule has 0 spiro atoms. The van der Waals surface area contributed by atoms with Crippen molar-refractivity contribution in [1.29, 1.82) is 0 Å². The summed E-state index contributed by atoms with van der Waals surface area (Å²) in [4.78, 5) is 0. The minimum Gasteiger partial charge on any atom is -0.294 e. The van der Waals surface area contributed by atoms with Gasteiger partial charge in [0.25, 0.3) is 0 Å². The average molecular weight is 253 g/mol. The molecule has 0 saturated heterocycles. The van der Waals surface area contributed by atoms with Gasteiger partial charge < -0.3 is 0 Å². The van der Waals surface area contributed by atoms with Gasteiger partial charge in [-0.2, -0.15) is 0 Å². The highest BCUT2D eigenvalue weighted by Crippen LogP contribution is 2.24. The summed E-state index contributed by atoms with van der Waals surface area (Å²) < 4.78 is 0. The monoisotopic (exact) mass is 251 g/mol. The maximum Gasteiger partial charge on any atom is 0.110 e. The van der Waals surface area contributed by atoms with Gasteiger partial charge in [-0.05, 0) is 6.07 Å². The number of hydrogen-bond acceptors (Lipinski definition) is 1. The Morgan fingerprint density at radius 2 is 2.07 bits per heavy atom. The number of hydrogen-bond donors (Lipinski definition) is 1. The highest BCUT2D eigenvalue weighted by Gasteiger charge is 2.08. The average Bonchev–Trinajstić information content (AvgIpc) is 2.15. The van der Waals surface area contributed by atoms with E-state index in [2.05, 4.69) is 11.9 Å². The minimum absolute atomic E-state index is 0. The van der Waals surface area contributed by atoms with Crippen LogP contribution in [0.15, 0.2) is 36.9 Å². The molecule has 14 heavy (non-hydrogen) atoms. The number of halogens is 3. The normalized spacial score (nSPS) is 11.6. The fourth-order valence-corrected chi connectivity index (χ4v) is 1.56. The standard InChI is InChI=1S/C10H11Cl2N.ClH/c1-2-7-13-10(12)8-5-3-4-6-9(8)11;/h2-6,10,13H,1,7H2;1H. The van der Waals surface area contributed by atoms with Crippen LogP contribution in [0.3, 0.4) is 0 Å². The van der Waals surface area contributed by atoms with E-state index in [1.165, 1.54) is 0 Å². The number of benzene rings is 1. The highest BCUT2D eigenvalue weighted by atomic mass is 35.5. The van der Waals surface area contributed by atoms with Crippen LogP contribution in [0, 0.1) is 0 Å². The van der Waals surface area contributed by atoms with Gasteiger partial charge in [-0.25, -0.2) is 0 Å². The molecule has 78 valence electrons. The second-order valence-electron chi connectivity index (χ2n) is 2.58. The second kappa shape index (κ2) is 7.13. The van der Waals surface area contributed by atoms with Crippen molar-refractivity contribution in [1.82, 2.24) is 5.32 Å². The molecule has 0 aliphatic rings. The van der Waals surface area contributed by atoms with Gasteiger partial charge in [0, 0.05) is 17.1 Å². The Morgan fingerprint density at radius 3 is 2.64 bits per heavy atom. The van der Waals surface area contributed by atoms with Gasteiger partial charge in [0.1, 0.15) is 5.50 Å². The molecule has 1 N–H and O–H groups in total. The molecule has 0 aromatic heterocycles. The van der Waals surface area contributed by atoms with E-state index >= 15 is 0 Å². The van der Waals surface area contributed by atoms with Crippen molar-refractivity contribution in [2.75, 3.05) is 6.54 Å². The van der Waals surface area contributed by atoms with Crippen molar-refractivity contribution in [2.45, 2.75) is 5.50 Å². The highest BCUT2D eigenvalue weighted by molar-refractivity contribution is 6.32. The molecular weight excluding hydrogens is 240 g/mol. The number of alkyl halides is 1.